The zero-order chi connectivity index (χ0) is 18.8. The van der Waals surface area contributed by atoms with Crippen LogP contribution in [0.3, 0.4) is 0 Å². The van der Waals surface area contributed by atoms with Crippen molar-refractivity contribution in [2.24, 2.45) is 5.92 Å². The molecule has 0 unspecified atom stereocenters. The lowest BCUT2D eigenvalue weighted by atomic mass is 9.91. The van der Waals surface area contributed by atoms with Crippen LogP contribution in [-0.4, -0.2) is 74.7 Å². The van der Waals surface area contributed by atoms with Crippen molar-refractivity contribution in [1.82, 2.24) is 9.80 Å². The van der Waals surface area contributed by atoms with Crippen LogP contribution in [0.5, 0.6) is 0 Å². The number of nitrogens with zero attached hydrogens (tertiary/aromatic N) is 3. The average molecular weight is 384 g/mol. The molecule has 154 valence electrons. The van der Waals surface area contributed by atoms with Gasteiger partial charge in [0.05, 0.1) is 11.4 Å². The average Bonchev–Trinajstić information content (AvgIpc) is 3.49. The van der Waals surface area contributed by atoms with E-state index in [0.717, 1.165) is 38.1 Å². The molecule has 3 fully saturated rings. The molecule has 28 heavy (non-hydrogen) atoms. The summed E-state index contributed by atoms with van der Waals surface area (Å²) in [5.74, 6) is 1.01. The van der Waals surface area contributed by atoms with E-state index >= 15 is 0 Å². The molecule has 5 nitrogen and oxygen atoms in total. The van der Waals surface area contributed by atoms with Crippen LogP contribution in [-0.2, 0) is 0 Å². The molecule has 2 heterocycles. The number of rotatable bonds is 4. The molecule has 5 heteroatoms. The van der Waals surface area contributed by atoms with Crippen molar-refractivity contribution in [2.45, 2.75) is 44.6 Å². The van der Waals surface area contributed by atoms with Crippen LogP contribution in [0.1, 0.15) is 38.5 Å². The van der Waals surface area contributed by atoms with Crippen molar-refractivity contribution in [3.8, 4) is 0 Å². The van der Waals surface area contributed by atoms with Crippen molar-refractivity contribution in [2.75, 3.05) is 74.4 Å². The molecule has 2 N–H and O–H groups in total. The van der Waals surface area contributed by atoms with Crippen molar-refractivity contribution < 1.29 is 0 Å². The van der Waals surface area contributed by atoms with Crippen molar-refractivity contribution in [1.29, 1.82) is 0 Å². The van der Waals surface area contributed by atoms with Gasteiger partial charge in [-0.05, 0) is 56.2 Å². The first kappa shape index (κ1) is 18.6. The van der Waals surface area contributed by atoms with E-state index in [1.165, 1.54) is 88.3 Å². The SMILES string of the molecule is c1cc2c(cc1N1CCN(CC3CC3)CC1)NCCCN(C1CCC1)CCN2. The molecule has 2 aliphatic heterocycles. The molecule has 1 aromatic rings. The molecular weight excluding hydrogens is 346 g/mol. The Morgan fingerprint density at radius 3 is 2.36 bits per heavy atom. The van der Waals surface area contributed by atoms with E-state index in [4.69, 9.17) is 0 Å². The normalized spacial score (nSPS) is 25.4. The van der Waals surface area contributed by atoms with Gasteiger partial charge in [-0.25, -0.2) is 0 Å². The molecule has 4 aliphatic rings. The van der Waals surface area contributed by atoms with Gasteiger partial charge in [0, 0.05) is 70.6 Å². The summed E-state index contributed by atoms with van der Waals surface area (Å²) >= 11 is 0. The van der Waals surface area contributed by atoms with Crippen LogP contribution in [0.15, 0.2) is 18.2 Å². The lowest BCUT2D eigenvalue weighted by Crippen LogP contribution is -2.47. The Kier molecular flexibility index (Phi) is 5.63. The highest BCUT2D eigenvalue weighted by molar-refractivity contribution is 5.74. The van der Waals surface area contributed by atoms with E-state index < -0.39 is 0 Å². The molecule has 0 aromatic heterocycles. The Bertz CT molecular complexity index is 646. The summed E-state index contributed by atoms with van der Waals surface area (Å²) in [4.78, 5) is 7.95. The van der Waals surface area contributed by atoms with E-state index in [9.17, 15) is 0 Å². The number of benzene rings is 1. The van der Waals surface area contributed by atoms with Gasteiger partial charge in [-0.3, -0.25) is 9.80 Å². The molecule has 5 rings (SSSR count). The highest BCUT2D eigenvalue weighted by atomic mass is 15.3. The predicted octanol–water partition coefficient (Wildman–Crippen LogP) is 3.30. The van der Waals surface area contributed by atoms with Gasteiger partial charge in [-0.1, -0.05) is 6.42 Å². The number of hydrogen-bond donors (Lipinski definition) is 2. The summed E-state index contributed by atoms with van der Waals surface area (Å²) < 4.78 is 0. The molecule has 0 bridgehead atoms. The van der Waals surface area contributed by atoms with Crippen LogP contribution < -0.4 is 15.5 Å². The number of fused-ring (bicyclic) bond motifs is 1. The maximum Gasteiger partial charge on any atom is 0.0596 e. The van der Waals surface area contributed by atoms with Crippen molar-refractivity contribution in [3.63, 3.8) is 0 Å². The second-order valence-corrected chi connectivity index (χ2v) is 9.29. The molecule has 0 amide bonds. The van der Waals surface area contributed by atoms with Gasteiger partial charge < -0.3 is 15.5 Å². The molecule has 0 atom stereocenters. The fourth-order valence-electron chi connectivity index (χ4n) is 4.95. The maximum absolute atomic E-state index is 3.72. The summed E-state index contributed by atoms with van der Waals surface area (Å²) in [5.41, 5.74) is 3.94. The summed E-state index contributed by atoms with van der Waals surface area (Å²) in [6, 6.07) is 7.84. The molecule has 0 spiro atoms. The lowest BCUT2D eigenvalue weighted by Gasteiger charge is -2.38. The summed E-state index contributed by atoms with van der Waals surface area (Å²) in [6.45, 7) is 10.6. The summed E-state index contributed by atoms with van der Waals surface area (Å²) in [5, 5.41) is 7.43. The summed E-state index contributed by atoms with van der Waals surface area (Å²) in [6.07, 6.45) is 8.39. The predicted molar refractivity (Wildman–Crippen MR) is 119 cm³/mol. The topological polar surface area (TPSA) is 33.8 Å². The fourth-order valence-corrected chi connectivity index (χ4v) is 4.95. The van der Waals surface area contributed by atoms with E-state index in [-0.39, 0.29) is 0 Å². The van der Waals surface area contributed by atoms with Crippen molar-refractivity contribution in [3.05, 3.63) is 18.2 Å². The number of piperazine rings is 1. The third kappa shape index (κ3) is 4.41. The monoisotopic (exact) mass is 383 g/mol. The first-order valence-corrected chi connectivity index (χ1v) is 11.7. The smallest absolute Gasteiger partial charge is 0.0596 e. The van der Waals surface area contributed by atoms with E-state index in [2.05, 4.69) is 43.5 Å². The Morgan fingerprint density at radius 2 is 1.61 bits per heavy atom. The molecule has 0 radical (unpaired) electrons. The third-order valence-electron chi connectivity index (χ3n) is 7.20. The van der Waals surface area contributed by atoms with E-state index in [0.29, 0.717) is 0 Å². The second kappa shape index (κ2) is 8.50. The minimum absolute atomic E-state index is 0.849. The van der Waals surface area contributed by atoms with Crippen LogP contribution in [0.25, 0.3) is 0 Å². The molecule has 1 saturated heterocycles. The highest BCUT2D eigenvalue weighted by Crippen LogP contribution is 2.32. The lowest BCUT2D eigenvalue weighted by molar-refractivity contribution is 0.132. The number of hydrogen-bond acceptors (Lipinski definition) is 5. The standard InChI is InChI=1S/C23H37N5/c1-3-20(4-1)27-11-2-9-24-23-17-21(7-8-22(23)25-10-12-27)28-15-13-26(14-16-28)18-19-5-6-19/h7-8,17,19-20,24-25H,1-6,9-16,18H2. The van der Waals surface area contributed by atoms with Gasteiger partial charge in [0.1, 0.15) is 0 Å². The van der Waals surface area contributed by atoms with E-state index in [1.807, 2.05) is 0 Å². The largest absolute Gasteiger partial charge is 0.383 e. The van der Waals surface area contributed by atoms with Gasteiger partial charge in [0.15, 0.2) is 0 Å². The van der Waals surface area contributed by atoms with Crippen LogP contribution >= 0.6 is 0 Å². The van der Waals surface area contributed by atoms with Gasteiger partial charge in [-0.15, -0.1) is 0 Å². The molecule has 2 saturated carbocycles. The minimum atomic E-state index is 0.849. The van der Waals surface area contributed by atoms with Crippen LogP contribution in [0, 0.1) is 5.92 Å². The Morgan fingerprint density at radius 1 is 0.786 bits per heavy atom. The second-order valence-electron chi connectivity index (χ2n) is 9.29. The molecule has 2 aliphatic carbocycles. The molecular formula is C23H37N5. The number of anilines is 3. The Balaban J connectivity index is 1.20. The number of nitrogens with one attached hydrogen (secondary N) is 2. The highest BCUT2D eigenvalue weighted by Gasteiger charge is 2.27. The zero-order valence-electron chi connectivity index (χ0n) is 17.3. The Hall–Kier alpha value is -1.46. The van der Waals surface area contributed by atoms with Gasteiger partial charge in [0.25, 0.3) is 0 Å². The van der Waals surface area contributed by atoms with Crippen LogP contribution in [0.4, 0.5) is 17.1 Å². The van der Waals surface area contributed by atoms with Gasteiger partial charge >= 0.3 is 0 Å². The quantitative estimate of drug-likeness (QED) is 0.834. The zero-order valence-corrected chi connectivity index (χ0v) is 17.3. The van der Waals surface area contributed by atoms with Crippen LogP contribution in [0.2, 0.25) is 0 Å². The Labute approximate surface area is 170 Å². The third-order valence-corrected chi connectivity index (χ3v) is 7.20. The fraction of sp³-hybridized carbons (Fsp3) is 0.739. The van der Waals surface area contributed by atoms with Gasteiger partial charge in [0.2, 0.25) is 0 Å². The first-order valence-electron chi connectivity index (χ1n) is 11.7. The first-order chi connectivity index (χ1) is 13.8. The van der Waals surface area contributed by atoms with E-state index in [1.54, 1.807) is 0 Å². The molecule has 1 aromatic carbocycles. The maximum atomic E-state index is 3.72. The minimum Gasteiger partial charge on any atom is -0.383 e. The van der Waals surface area contributed by atoms with Crippen molar-refractivity contribution >= 4 is 17.1 Å². The summed E-state index contributed by atoms with van der Waals surface area (Å²) in [7, 11) is 0. The van der Waals surface area contributed by atoms with Gasteiger partial charge in [-0.2, -0.15) is 0 Å².